The van der Waals surface area contributed by atoms with E-state index < -0.39 is 5.97 Å². The predicted molar refractivity (Wildman–Crippen MR) is 105 cm³/mol. The van der Waals surface area contributed by atoms with E-state index in [4.69, 9.17) is 4.74 Å². The van der Waals surface area contributed by atoms with Crippen LogP contribution in [0.15, 0.2) is 27.9 Å². The van der Waals surface area contributed by atoms with Crippen LogP contribution in [0.25, 0.3) is 10.2 Å². The second kappa shape index (κ2) is 8.01. The van der Waals surface area contributed by atoms with Crippen molar-refractivity contribution in [1.82, 2.24) is 14.5 Å². The van der Waals surface area contributed by atoms with Crippen LogP contribution in [0.5, 0.6) is 0 Å². The van der Waals surface area contributed by atoms with Gasteiger partial charge in [-0.1, -0.05) is 0 Å². The summed E-state index contributed by atoms with van der Waals surface area (Å²) in [5, 5.41) is 4.42. The predicted octanol–water partition coefficient (Wildman–Crippen LogP) is 2.34. The Labute approximate surface area is 163 Å². The molecule has 0 aliphatic heterocycles. The molecule has 142 valence electrons. The van der Waals surface area contributed by atoms with Crippen LogP contribution in [0.1, 0.15) is 16.0 Å². The number of hydrogen-bond acceptors (Lipinski definition) is 7. The number of carbonyl (C=O) groups excluding carboxylic acids is 2. The minimum Gasteiger partial charge on any atom is -0.454 e. The van der Waals surface area contributed by atoms with Crippen molar-refractivity contribution in [3.05, 3.63) is 49.5 Å². The zero-order valence-electron chi connectivity index (χ0n) is 15.2. The summed E-state index contributed by atoms with van der Waals surface area (Å²) in [5.41, 5.74) is 1.62. The molecule has 1 amide bonds. The third-order valence-electron chi connectivity index (χ3n) is 4.24. The minimum absolute atomic E-state index is 0.278. The Kier molecular flexibility index (Phi) is 5.71. The van der Waals surface area contributed by atoms with Crippen molar-refractivity contribution in [2.75, 3.05) is 13.7 Å². The van der Waals surface area contributed by atoms with Crippen molar-refractivity contribution in [3.63, 3.8) is 0 Å². The van der Waals surface area contributed by atoms with Crippen molar-refractivity contribution >= 4 is 44.8 Å². The number of fused-ring (bicyclic) bond motifs is 1. The Hall–Kier alpha value is -2.52. The average molecular weight is 406 g/mol. The molecule has 7 nitrogen and oxygen atoms in total. The van der Waals surface area contributed by atoms with Crippen molar-refractivity contribution in [1.29, 1.82) is 0 Å². The molecule has 3 aromatic rings. The van der Waals surface area contributed by atoms with E-state index in [-0.39, 0.29) is 24.6 Å². The molecule has 0 fully saturated rings. The number of thiophene rings is 2. The summed E-state index contributed by atoms with van der Waals surface area (Å²) in [6.07, 6.45) is 1.34. The molecule has 0 radical (unpaired) electrons. The van der Waals surface area contributed by atoms with Gasteiger partial charge in [0.25, 0.3) is 11.5 Å². The number of ether oxygens (including phenoxy) is 1. The summed E-state index contributed by atoms with van der Waals surface area (Å²) in [6.45, 7) is 3.61. The molecule has 0 unspecified atom stereocenters. The van der Waals surface area contributed by atoms with Gasteiger partial charge < -0.3 is 9.64 Å². The maximum absolute atomic E-state index is 12.6. The molecule has 0 spiro atoms. The maximum Gasteiger partial charge on any atom is 0.326 e. The van der Waals surface area contributed by atoms with Crippen LogP contribution < -0.4 is 5.56 Å². The Bertz CT molecular complexity index is 1040. The summed E-state index contributed by atoms with van der Waals surface area (Å²) < 4.78 is 6.25. The highest BCUT2D eigenvalue weighted by Gasteiger charge is 2.16. The lowest BCUT2D eigenvalue weighted by molar-refractivity contribution is -0.152. The Morgan fingerprint density at radius 2 is 2.11 bits per heavy atom. The fraction of sp³-hybridized carbons (Fsp3) is 0.333. The summed E-state index contributed by atoms with van der Waals surface area (Å²) in [5.74, 6) is -0.958. The van der Waals surface area contributed by atoms with Gasteiger partial charge >= 0.3 is 5.97 Å². The Morgan fingerprint density at radius 1 is 1.33 bits per heavy atom. The molecular formula is C18H19N3O4S2. The Morgan fingerprint density at radius 3 is 2.81 bits per heavy atom. The average Bonchev–Trinajstić information content (AvgIpc) is 3.24. The fourth-order valence-electron chi connectivity index (χ4n) is 2.56. The van der Waals surface area contributed by atoms with Gasteiger partial charge in [-0.05, 0) is 41.8 Å². The quantitative estimate of drug-likeness (QED) is 0.588. The second-order valence-electron chi connectivity index (χ2n) is 6.18. The van der Waals surface area contributed by atoms with E-state index in [1.807, 2.05) is 30.7 Å². The molecule has 0 aromatic carbocycles. The minimum atomic E-state index is -0.653. The smallest absolute Gasteiger partial charge is 0.326 e. The molecule has 0 saturated carbocycles. The van der Waals surface area contributed by atoms with E-state index in [1.165, 1.54) is 27.1 Å². The molecule has 27 heavy (non-hydrogen) atoms. The van der Waals surface area contributed by atoms with Gasteiger partial charge in [0.1, 0.15) is 11.4 Å². The number of carbonyl (C=O) groups is 2. The molecule has 0 aliphatic rings. The van der Waals surface area contributed by atoms with Crippen molar-refractivity contribution in [3.8, 4) is 0 Å². The van der Waals surface area contributed by atoms with Gasteiger partial charge in [-0.3, -0.25) is 19.0 Å². The number of likely N-dealkylation sites (N-methyl/N-ethyl adjacent to an activating group) is 1. The number of esters is 1. The van der Waals surface area contributed by atoms with Gasteiger partial charge in [-0.2, -0.15) is 11.3 Å². The highest BCUT2D eigenvalue weighted by Crippen LogP contribution is 2.25. The standard InChI is InChI=1S/C18H19N3O4S2/c1-11-12(2)27-17-16(11)18(24)21(10-19-17)7-15(23)25-8-14(22)20(3)6-13-4-5-26-9-13/h4-5,9-10H,6-8H2,1-3H3. The van der Waals surface area contributed by atoms with Crippen molar-refractivity contribution in [2.24, 2.45) is 0 Å². The SMILES string of the molecule is Cc1sc2ncn(CC(=O)OCC(=O)N(C)Cc3ccsc3)c(=O)c2c1C. The first-order chi connectivity index (χ1) is 12.9. The second-order valence-corrected chi connectivity index (χ2v) is 8.17. The summed E-state index contributed by atoms with van der Waals surface area (Å²) >= 11 is 3.01. The topological polar surface area (TPSA) is 81.5 Å². The van der Waals surface area contributed by atoms with Crippen LogP contribution in [0.3, 0.4) is 0 Å². The van der Waals surface area contributed by atoms with Gasteiger partial charge in [-0.15, -0.1) is 11.3 Å². The Balaban J connectivity index is 1.60. The summed E-state index contributed by atoms with van der Waals surface area (Å²) in [4.78, 5) is 44.1. The number of hydrogen-bond donors (Lipinski definition) is 0. The zero-order chi connectivity index (χ0) is 19.6. The third-order valence-corrected chi connectivity index (χ3v) is 6.08. The zero-order valence-corrected chi connectivity index (χ0v) is 16.9. The largest absolute Gasteiger partial charge is 0.454 e. The molecular weight excluding hydrogens is 386 g/mol. The highest BCUT2D eigenvalue weighted by molar-refractivity contribution is 7.18. The number of rotatable bonds is 6. The van der Waals surface area contributed by atoms with Crippen molar-refractivity contribution < 1.29 is 14.3 Å². The molecule has 9 heteroatoms. The summed E-state index contributed by atoms with van der Waals surface area (Å²) in [7, 11) is 1.65. The van der Waals surface area contributed by atoms with Crippen LogP contribution in [-0.4, -0.2) is 40.0 Å². The maximum atomic E-state index is 12.6. The van der Waals surface area contributed by atoms with E-state index in [0.717, 1.165) is 16.0 Å². The first kappa shape index (κ1) is 19.2. The molecule has 0 saturated heterocycles. The first-order valence-corrected chi connectivity index (χ1v) is 9.98. The molecule has 3 aromatic heterocycles. The molecule has 0 N–H and O–H groups in total. The lowest BCUT2D eigenvalue weighted by Gasteiger charge is -2.16. The highest BCUT2D eigenvalue weighted by atomic mass is 32.1. The first-order valence-electron chi connectivity index (χ1n) is 8.22. The monoisotopic (exact) mass is 405 g/mol. The van der Waals surface area contributed by atoms with Crippen molar-refractivity contribution in [2.45, 2.75) is 26.9 Å². The van der Waals surface area contributed by atoms with E-state index in [1.54, 1.807) is 18.4 Å². The number of amides is 1. The molecule has 0 aliphatic carbocycles. The lowest BCUT2D eigenvalue weighted by Crippen LogP contribution is -2.32. The number of nitrogens with zero attached hydrogens (tertiary/aromatic N) is 3. The lowest BCUT2D eigenvalue weighted by atomic mass is 10.2. The van der Waals surface area contributed by atoms with E-state index >= 15 is 0 Å². The molecule has 3 rings (SSSR count). The normalized spacial score (nSPS) is 10.9. The molecule has 0 bridgehead atoms. The van der Waals surface area contributed by atoms with Crippen LogP contribution in [0.4, 0.5) is 0 Å². The van der Waals surface area contributed by atoms with Gasteiger partial charge in [0, 0.05) is 18.5 Å². The molecule has 3 heterocycles. The van der Waals surface area contributed by atoms with Gasteiger partial charge in [0.15, 0.2) is 6.61 Å². The third kappa shape index (κ3) is 4.25. The number of aromatic nitrogens is 2. The van der Waals surface area contributed by atoms with Crippen LogP contribution in [-0.2, 0) is 27.4 Å². The summed E-state index contributed by atoms with van der Waals surface area (Å²) in [6, 6.07) is 1.93. The van der Waals surface area contributed by atoms with Crippen LogP contribution >= 0.6 is 22.7 Å². The van der Waals surface area contributed by atoms with Gasteiger partial charge in [-0.25, -0.2) is 4.98 Å². The van der Waals surface area contributed by atoms with Gasteiger partial charge in [0.2, 0.25) is 0 Å². The fourth-order valence-corrected chi connectivity index (χ4v) is 4.21. The number of aryl methyl sites for hydroxylation is 2. The van der Waals surface area contributed by atoms with Crippen LogP contribution in [0, 0.1) is 13.8 Å². The van der Waals surface area contributed by atoms with E-state index in [2.05, 4.69) is 4.98 Å². The van der Waals surface area contributed by atoms with Gasteiger partial charge in [0.05, 0.1) is 11.7 Å². The molecule has 0 atom stereocenters. The van der Waals surface area contributed by atoms with Crippen LogP contribution in [0.2, 0.25) is 0 Å². The van der Waals surface area contributed by atoms with E-state index in [9.17, 15) is 14.4 Å². The van der Waals surface area contributed by atoms with E-state index in [0.29, 0.717) is 16.8 Å².